The Bertz CT molecular complexity index is 344. The van der Waals surface area contributed by atoms with Crippen LogP contribution in [0.3, 0.4) is 0 Å². The van der Waals surface area contributed by atoms with Crippen LogP contribution in [0.25, 0.3) is 0 Å². The third-order valence-corrected chi connectivity index (χ3v) is 1.72. The largest absolute Gasteiger partial charge is 0.479 e. The van der Waals surface area contributed by atoms with Gasteiger partial charge in [-0.05, 0) is 12.5 Å². The van der Waals surface area contributed by atoms with E-state index in [9.17, 15) is 4.79 Å². The summed E-state index contributed by atoms with van der Waals surface area (Å²) in [5.74, 6) is -1.03. The van der Waals surface area contributed by atoms with Gasteiger partial charge in [-0.3, -0.25) is 0 Å². The van der Waals surface area contributed by atoms with Crippen LogP contribution >= 0.6 is 0 Å². The molecule has 0 saturated heterocycles. The number of aromatic nitrogens is 1. The van der Waals surface area contributed by atoms with Crippen LogP contribution < -0.4 is 0 Å². The van der Waals surface area contributed by atoms with Crippen molar-refractivity contribution >= 4 is 12.2 Å². The van der Waals surface area contributed by atoms with Gasteiger partial charge in [0.1, 0.15) is 0 Å². The molecule has 0 atom stereocenters. The first-order valence-electron chi connectivity index (χ1n) is 4.75. The van der Waals surface area contributed by atoms with Crippen LogP contribution in [0.15, 0.2) is 23.6 Å². The Morgan fingerprint density at radius 2 is 2.53 bits per heavy atom. The van der Waals surface area contributed by atoms with Crippen molar-refractivity contribution in [3.63, 3.8) is 0 Å². The number of rotatable bonds is 6. The zero-order valence-electron chi connectivity index (χ0n) is 8.59. The SMILES string of the molecule is CCCn1ccc(C=NOCC(=O)O)c1. The molecule has 0 aliphatic heterocycles. The third kappa shape index (κ3) is 4.30. The van der Waals surface area contributed by atoms with Crippen molar-refractivity contribution in [2.75, 3.05) is 6.61 Å². The lowest BCUT2D eigenvalue weighted by atomic mass is 10.4. The van der Waals surface area contributed by atoms with Crippen LogP contribution in [0.4, 0.5) is 0 Å². The van der Waals surface area contributed by atoms with Crippen LogP contribution in [0, 0.1) is 0 Å². The van der Waals surface area contributed by atoms with Gasteiger partial charge in [-0.15, -0.1) is 0 Å². The Balaban J connectivity index is 2.39. The van der Waals surface area contributed by atoms with Gasteiger partial charge in [0.15, 0.2) is 0 Å². The Kier molecular flexibility index (Phi) is 4.40. The predicted octanol–water partition coefficient (Wildman–Crippen LogP) is 1.33. The van der Waals surface area contributed by atoms with E-state index < -0.39 is 12.6 Å². The molecular formula is C10H14N2O3. The van der Waals surface area contributed by atoms with Gasteiger partial charge in [-0.2, -0.15) is 0 Å². The van der Waals surface area contributed by atoms with Crippen LogP contribution in [0.5, 0.6) is 0 Å². The van der Waals surface area contributed by atoms with Crippen molar-refractivity contribution < 1.29 is 14.7 Å². The van der Waals surface area contributed by atoms with Crippen molar-refractivity contribution in [2.45, 2.75) is 19.9 Å². The number of hydrogen-bond donors (Lipinski definition) is 1. The van der Waals surface area contributed by atoms with Gasteiger partial charge < -0.3 is 14.5 Å². The number of aryl methyl sites for hydroxylation is 1. The zero-order chi connectivity index (χ0) is 11.1. The predicted molar refractivity (Wildman–Crippen MR) is 55.9 cm³/mol. The fourth-order valence-electron chi connectivity index (χ4n) is 1.12. The van der Waals surface area contributed by atoms with Gasteiger partial charge in [-0.1, -0.05) is 12.1 Å². The molecule has 0 unspecified atom stereocenters. The van der Waals surface area contributed by atoms with Gasteiger partial charge in [0.25, 0.3) is 0 Å². The molecule has 5 heteroatoms. The smallest absolute Gasteiger partial charge is 0.344 e. The minimum absolute atomic E-state index is 0.411. The lowest BCUT2D eigenvalue weighted by Crippen LogP contribution is -2.03. The van der Waals surface area contributed by atoms with Gasteiger partial charge >= 0.3 is 5.97 Å². The monoisotopic (exact) mass is 210 g/mol. The minimum atomic E-state index is -1.03. The minimum Gasteiger partial charge on any atom is -0.479 e. The standard InChI is InChI=1S/C10H14N2O3/c1-2-4-12-5-3-9(7-12)6-11-15-8-10(13)14/h3,5-7H,2,4,8H2,1H3,(H,13,14). The maximum atomic E-state index is 10.1. The van der Waals surface area contributed by atoms with E-state index in [1.54, 1.807) is 0 Å². The first-order valence-corrected chi connectivity index (χ1v) is 4.75. The second kappa shape index (κ2) is 5.85. The number of carbonyl (C=O) groups is 1. The number of aliphatic carboxylic acids is 1. The molecule has 0 spiro atoms. The van der Waals surface area contributed by atoms with E-state index in [2.05, 4.69) is 16.9 Å². The molecule has 82 valence electrons. The Morgan fingerprint density at radius 1 is 1.73 bits per heavy atom. The fourth-order valence-corrected chi connectivity index (χ4v) is 1.12. The Morgan fingerprint density at radius 3 is 3.20 bits per heavy atom. The molecule has 0 fully saturated rings. The molecule has 0 bridgehead atoms. The van der Waals surface area contributed by atoms with Gasteiger partial charge in [0.2, 0.25) is 6.61 Å². The van der Waals surface area contributed by atoms with E-state index in [1.807, 2.05) is 23.0 Å². The molecule has 15 heavy (non-hydrogen) atoms. The summed E-state index contributed by atoms with van der Waals surface area (Å²) in [6, 6.07) is 1.89. The Hall–Kier alpha value is -1.78. The molecule has 1 N–H and O–H groups in total. The second-order valence-electron chi connectivity index (χ2n) is 3.08. The maximum Gasteiger partial charge on any atom is 0.344 e. The third-order valence-electron chi connectivity index (χ3n) is 1.72. The average Bonchev–Trinajstić information content (AvgIpc) is 2.61. The number of carboxylic acids is 1. The molecular weight excluding hydrogens is 196 g/mol. The quantitative estimate of drug-likeness (QED) is 0.569. The van der Waals surface area contributed by atoms with E-state index >= 15 is 0 Å². The first kappa shape index (κ1) is 11.3. The molecule has 0 aliphatic rings. The first-order chi connectivity index (χ1) is 7.22. The molecule has 0 aromatic carbocycles. The molecule has 1 aromatic heterocycles. The number of hydrogen-bond acceptors (Lipinski definition) is 3. The van der Waals surface area contributed by atoms with Gasteiger partial charge in [0, 0.05) is 24.5 Å². The fraction of sp³-hybridized carbons (Fsp3) is 0.400. The normalized spacial score (nSPS) is 10.7. The summed E-state index contributed by atoms with van der Waals surface area (Å²) in [7, 11) is 0. The van der Waals surface area contributed by atoms with Crippen LogP contribution in [0.1, 0.15) is 18.9 Å². The summed E-state index contributed by atoms with van der Waals surface area (Å²) in [6.07, 6.45) is 6.44. The van der Waals surface area contributed by atoms with Crippen LogP contribution in [0.2, 0.25) is 0 Å². The molecule has 5 nitrogen and oxygen atoms in total. The number of carboxylic acid groups (broad SMARTS) is 1. The lowest BCUT2D eigenvalue weighted by Gasteiger charge is -1.96. The maximum absolute atomic E-state index is 10.1. The highest BCUT2D eigenvalue weighted by molar-refractivity contribution is 5.78. The summed E-state index contributed by atoms with van der Waals surface area (Å²) < 4.78 is 2.04. The summed E-state index contributed by atoms with van der Waals surface area (Å²) in [5.41, 5.74) is 0.897. The summed E-state index contributed by atoms with van der Waals surface area (Å²) in [5, 5.41) is 11.8. The van der Waals surface area contributed by atoms with Gasteiger partial charge in [-0.25, -0.2) is 4.79 Å². The topological polar surface area (TPSA) is 63.8 Å². The van der Waals surface area contributed by atoms with Crippen LogP contribution in [-0.2, 0) is 16.2 Å². The van der Waals surface area contributed by atoms with E-state index in [1.165, 1.54) is 6.21 Å². The molecule has 0 amide bonds. The van der Waals surface area contributed by atoms with Crippen molar-refractivity contribution in [2.24, 2.45) is 5.16 Å². The van der Waals surface area contributed by atoms with E-state index in [0.717, 1.165) is 18.5 Å². The highest BCUT2D eigenvalue weighted by Crippen LogP contribution is 1.99. The van der Waals surface area contributed by atoms with Crippen molar-refractivity contribution in [3.05, 3.63) is 24.0 Å². The van der Waals surface area contributed by atoms with Crippen molar-refractivity contribution in [3.8, 4) is 0 Å². The lowest BCUT2D eigenvalue weighted by molar-refractivity contribution is -0.142. The molecule has 0 saturated carbocycles. The van der Waals surface area contributed by atoms with Crippen molar-refractivity contribution in [1.29, 1.82) is 0 Å². The molecule has 1 rings (SSSR count). The Labute approximate surface area is 88.0 Å². The summed E-state index contributed by atoms with van der Waals surface area (Å²) in [4.78, 5) is 14.6. The van der Waals surface area contributed by atoms with E-state index in [0.29, 0.717) is 0 Å². The molecule has 1 aromatic rings. The molecule has 1 heterocycles. The van der Waals surface area contributed by atoms with Crippen molar-refractivity contribution in [1.82, 2.24) is 4.57 Å². The van der Waals surface area contributed by atoms with Gasteiger partial charge in [0.05, 0.1) is 6.21 Å². The number of oxime groups is 1. The molecule has 0 radical (unpaired) electrons. The highest BCUT2D eigenvalue weighted by atomic mass is 16.6. The number of nitrogens with zero attached hydrogens (tertiary/aromatic N) is 2. The van der Waals surface area contributed by atoms with Crippen LogP contribution in [-0.4, -0.2) is 28.5 Å². The second-order valence-corrected chi connectivity index (χ2v) is 3.08. The van der Waals surface area contributed by atoms with E-state index in [4.69, 9.17) is 5.11 Å². The highest BCUT2D eigenvalue weighted by Gasteiger charge is 1.95. The average molecular weight is 210 g/mol. The zero-order valence-corrected chi connectivity index (χ0v) is 8.59. The van der Waals surface area contributed by atoms with E-state index in [-0.39, 0.29) is 0 Å². The molecule has 0 aliphatic carbocycles. The summed E-state index contributed by atoms with van der Waals surface area (Å²) in [6.45, 7) is 2.65. The summed E-state index contributed by atoms with van der Waals surface area (Å²) >= 11 is 0.